The number of carboxylic acid groups (broad SMARTS) is 1. The molecule has 0 spiro atoms. The smallest absolute Gasteiger partial charge is 0.342 e. The maximum absolute atomic E-state index is 10.8. The number of nitro groups is 1. The Kier molecular flexibility index (Phi) is 3.76. The van der Waals surface area contributed by atoms with Crippen molar-refractivity contribution in [1.29, 1.82) is 0 Å². The number of aromatic carboxylic acids is 1. The van der Waals surface area contributed by atoms with Gasteiger partial charge in [-0.25, -0.2) is 9.78 Å². The van der Waals surface area contributed by atoms with E-state index in [0.717, 1.165) is 18.7 Å². The van der Waals surface area contributed by atoms with Gasteiger partial charge in [-0.1, -0.05) is 6.92 Å². The molecule has 1 heterocycles. The van der Waals surface area contributed by atoms with Crippen LogP contribution >= 0.6 is 0 Å². The quantitative estimate of drug-likeness (QED) is 0.581. The van der Waals surface area contributed by atoms with Gasteiger partial charge in [-0.15, -0.1) is 0 Å². The van der Waals surface area contributed by atoms with Crippen LogP contribution in [-0.4, -0.2) is 27.5 Å². The third-order valence-corrected chi connectivity index (χ3v) is 1.87. The van der Waals surface area contributed by atoms with Gasteiger partial charge in [0.15, 0.2) is 0 Å². The van der Waals surface area contributed by atoms with Crippen LogP contribution in [0.2, 0.25) is 0 Å². The molecule has 1 aromatic heterocycles. The van der Waals surface area contributed by atoms with Gasteiger partial charge in [-0.3, -0.25) is 10.1 Å². The molecule has 0 aliphatic heterocycles. The fraction of sp³-hybridized carbons (Fsp3) is 0.333. The summed E-state index contributed by atoms with van der Waals surface area (Å²) in [5.74, 6) is -1.02. The molecule has 0 fully saturated rings. The molecule has 0 bridgehead atoms. The first kappa shape index (κ1) is 11.9. The summed E-state index contributed by atoms with van der Waals surface area (Å²) in [5, 5.41) is 22.2. The normalized spacial score (nSPS) is 9.81. The Morgan fingerprint density at radius 3 is 2.88 bits per heavy atom. The number of hydrogen-bond donors (Lipinski definition) is 2. The Balaban J connectivity index is 3.07. The van der Waals surface area contributed by atoms with Gasteiger partial charge in [0.05, 0.1) is 4.92 Å². The largest absolute Gasteiger partial charge is 0.477 e. The number of rotatable bonds is 5. The van der Waals surface area contributed by atoms with E-state index in [1.807, 2.05) is 6.92 Å². The molecule has 0 aliphatic rings. The summed E-state index contributed by atoms with van der Waals surface area (Å²) in [5.41, 5.74) is -0.867. The highest BCUT2D eigenvalue weighted by Gasteiger charge is 2.20. The molecular weight excluding hydrogens is 214 g/mol. The molecule has 86 valence electrons. The van der Waals surface area contributed by atoms with Crippen LogP contribution in [0.4, 0.5) is 11.5 Å². The lowest BCUT2D eigenvalue weighted by atomic mass is 10.2. The minimum atomic E-state index is -1.34. The van der Waals surface area contributed by atoms with Crippen LogP contribution < -0.4 is 5.32 Å². The van der Waals surface area contributed by atoms with Gasteiger partial charge in [0.1, 0.15) is 17.6 Å². The molecule has 0 aliphatic carbocycles. The second kappa shape index (κ2) is 5.06. The van der Waals surface area contributed by atoms with Crippen LogP contribution in [0.15, 0.2) is 12.3 Å². The van der Waals surface area contributed by atoms with Crippen LogP contribution in [0.1, 0.15) is 23.7 Å². The van der Waals surface area contributed by atoms with E-state index < -0.39 is 16.6 Å². The highest BCUT2D eigenvalue weighted by Crippen LogP contribution is 2.20. The van der Waals surface area contributed by atoms with E-state index >= 15 is 0 Å². The fourth-order valence-electron chi connectivity index (χ4n) is 1.11. The second-order valence-electron chi connectivity index (χ2n) is 3.08. The van der Waals surface area contributed by atoms with Crippen LogP contribution in [-0.2, 0) is 0 Å². The second-order valence-corrected chi connectivity index (χ2v) is 3.08. The summed E-state index contributed by atoms with van der Waals surface area (Å²) < 4.78 is 0. The first-order valence-electron chi connectivity index (χ1n) is 4.67. The van der Waals surface area contributed by atoms with Crippen molar-refractivity contribution in [3.05, 3.63) is 27.9 Å². The first-order chi connectivity index (χ1) is 7.56. The van der Waals surface area contributed by atoms with Gasteiger partial charge in [0.2, 0.25) is 0 Å². The Labute approximate surface area is 91.3 Å². The highest BCUT2D eigenvalue weighted by atomic mass is 16.6. The van der Waals surface area contributed by atoms with Gasteiger partial charge >= 0.3 is 11.7 Å². The number of anilines is 1. The van der Waals surface area contributed by atoms with E-state index in [2.05, 4.69) is 10.3 Å². The molecule has 0 aromatic carbocycles. The third-order valence-electron chi connectivity index (χ3n) is 1.87. The minimum Gasteiger partial charge on any atom is -0.477 e. The minimum absolute atomic E-state index is 0.324. The van der Waals surface area contributed by atoms with Crippen molar-refractivity contribution in [2.24, 2.45) is 0 Å². The molecule has 7 nitrogen and oxygen atoms in total. The number of hydrogen-bond acceptors (Lipinski definition) is 5. The fourth-order valence-corrected chi connectivity index (χ4v) is 1.11. The van der Waals surface area contributed by atoms with E-state index in [9.17, 15) is 14.9 Å². The zero-order valence-corrected chi connectivity index (χ0v) is 8.64. The molecule has 0 unspecified atom stereocenters. The third kappa shape index (κ3) is 2.66. The van der Waals surface area contributed by atoms with Crippen molar-refractivity contribution in [3.63, 3.8) is 0 Å². The average molecular weight is 225 g/mol. The maximum atomic E-state index is 10.8. The van der Waals surface area contributed by atoms with Gasteiger partial charge in [-0.2, -0.15) is 0 Å². The summed E-state index contributed by atoms with van der Waals surface area (Å²) in [6, 6.07) is 1.16. The monoisotopic (exact) mass is 225 g/mol. The number of aromatic nitrogens is 1. The Hall–Kier alpha value is -2.18. The number of carbonyl (C=O) groups is 1. The van der Waals surface area contributed by atoms with Gasteiger partial charge < -0.3 is 10.4 Å². The van der Waals surface area contributed by atoms with Crippen LogP contribution in [0.5, 0.6) is 0 Å². The van der Waals surface area contributed by atoms with Crippen molar-refractivity contribution >= 4 is 17.5 Å². The highest BCUT2D eigenvalue weighted by molar-refractivity contribution is 5.93. The van der Waals surface area contributed by atoms with E-state index in [1.54, 1.807) is 0 Å². The van der Waals surface area contributed by atoms with Crippen molar-refractivity contribution in [1.82, 2.24) is 4.98 Å². The van der Waals surface area contributed by atoms with Crippen LogP contribution in [0, 0.1) is 10.1 Å². The molecular formula is C9H11N3O4. The number of nitrogens with zero attached hydrogens (tertiary/aromatic N) is 2. The number of carboxylic acids is 1. The lowest BCUT2D eigenvalue weighted by molar-refractivity contribution is -0.385. The van der Waals surface area contributed by atoms with Crippen molar-refractivity contribution in [3.8, 4) is 0 Å². The van der Waals surface area contributed by atoms with E-state index in [-0.39, 0.29) is 5.56 Å². The van der Waals surface area contributed by atoms with Crippen molar-refractivity contribution in [2.75, 3.05) is 11.9 Å². The predicted octanol–water partition coefficient (Wildman–Crippen LogP) is 1.51. The molecule has 0 saturated carbocycles. The maximum Gasteiger partial charge on any atom is 0.342 e. The van der Waals surface area contributed by atoms with Crippen molar-refractivity contribution in [2.45, 2.75) is 13.3 Å². The first-order valence-corrected chi connectivity index (χ1v) is 4.67. The molecule has 1 rings (SSSR count). The summed E-state index contributed by atoms with van der Waals surface area (Å²) in [6.45, 7) is 2.57. The van der Waals surface area contributed by atoms with E-state index in [4.69, 9.17) is 5.11 Å². The van der Waals surface area contributed by atoms with Gasteiger partial charge in [0.25, 0.3) is 0 Å². The lowest BCUT2D eigenvalue weighted by Crippen LogP contribution is -2.07. The van der Waals surface area contributed by atoms with Crippen LogP contribution in [0.3, 0.4) is 0 Å². The Morgan fingerprint density at radius 1 is 1.69 bits per heavy atom. The molecule has 16 heavy (non-hydrogen) atoms. The SMILES string of the molecule is CCCNc1cc(C(=O)O)c([N+](=O)[O-])cn1. The van der Waals surface area contributed by atoms with Gasteiger partial charge in [0, 0.05) is 12.6 Å². The average Bonchev–Trinajstić information content (AvgIpc) is 2.25. The summed E-state index contributed by atoms with van der Waals surface area (Å²) >= 11 is 0. The lowest BCUT2D eigenvalue weighted by Gasteiger charge is -2.04. The topological polar surface area (TPSA) is 105 Å². The summed E-state index contributed by atoms with van der Waals surface area (Å²) in [6.07, 6.45) is 1.79. The number of nitrogens with one attached hydrogen (secondary N) is 1. The molecule has 7 heteroatoms. The molecule has 0 radical (unpaired) electrons. The molecule has 0 amide bonds. The Bertz CT molecular complexity index is 419. The van der Waals surface area contributed by atoms with E-state index in [1.165, 1.54) is 0 Å². The molecule has 0 saturated heterocycles. The zero-order chi connectivity index (χ0) is 12.1. The Morgan fingerprint density at radius 2 is 2.38 bits per heavy atom. The molecule has 2 N–H and O–H groups in total. The summed E-state index contributed by atoms with van der Waals surface area (Å²) in [7, 11) is 0. The molecule has 0 atom stereocenters. The predicted molar refractivity (Wildman–Crippen MR) is 56.6 cm³/mol. The van der Waals surface area contributed by atoms with Crippen LogP contribution in [0.25, 0.3) is 0 Å². The standard InChI is InChI=1S/C9H11N3O4/c1-2-3-10-8-4-6(9(13)14)7(5-11-8)12(15)16/h4-5H,2-3H2,1H3,(H,10,11)(H,13,14). The zero-order valence-electron chi connectivity index (χ0n) is 8.64. The number of pyridine rings is 1. The van der Waals surface area contributed by atoms with Crippen molar-refractivity contribution < 1.29 is 14.8 Å². The molecule has 1 aromatic rings. The van der Waals surface area contributed by atoms with Gasteiger partial charge in [-0.05, 0) is 6.42 Å². The summed E-state index contributed by atoms with van der Waals surface area (Å²) in [4.78, 5) is 24.3. The van der Waals surface area contributed by atoms with E-state index in [0.29, 0.717) is 12.4 Å².